The van der Waals surface area contributed by atoms with Gasteiger partial charge < -0.3 is 16.0 Å². The average molecular weight is 295 g/mol. The molecule has 0 bridgehead atoms. The Balaban J connectivity index is 2.17. The molecule has 0 spiro atoms. The SMILES string of the molecule is CNCCNC(=O)CSCC(=O)Nc1ccc(C)cc1. The summed E-state index contributed by atoms with van der Waals surface area (Å²) in [6, 6.07) is 7.61. The monoisotopic (exact) mass is 295 g/mol. The second kappa shape index (κ2) is 9.39. The molecule has 1 aromatic carbocycles. The molecule has 3 N–H and O–H groups in total. The summed E-state index contributed by atoms with van der Waals surface area (Å²) in [6.07, 6.45) is 0. The molecule has 0 aliphatic carbocycles. The van der Waals surface area contributed by atoms with E-state index >= 15 is 0 Å². The Morgan fingerprint density at radius 2 is 1.70 bits per heavy atom. The van der Waals surface area contributed by atoms with Crippen LogP contribution in [0.1, 0.15) is 5.56 Å². The molecule has 0 fully saturated rings. The van der Waals surface area contributed by atoms with E-state index in [-0.39, 0.29) is 17.6 Å². The fourth-order valence-electron chi connectivity index (χ4n) is 1.45. The van der Waals surface area contributed by atoms with Gasteiger partial charge in [0.25, 0.3) is 0 Å². The van der Waals surface area contributed by atoms with Gasteiger partial charge in [-0.3, -0.25) is 9.59 Å². The Bertz CT molecular complexity index is 435. The van der Waals surface area contributed by atoms with Crippen LogP contribution in [0.25, 0.3) is 0 Å². The standard InChI is InChI=1S/C14H21N3O2S/c1-11-3-5-12(6-4-11)17-14(19)10-20-9-13(18)16-8-7-15-2/h3-6,15H,7-10H2,1-2H3,(H,16,18)(H,17,19). The lowest BCUT2D eigenvalue weighted by Crippen LogP contribution is -2.31. The Kier molecular flexibility index (Phi) is 7.75. The Morgan fingerprint density at radius 1 is 1.05 bits per heavy atom. The topological polar surface area (TPSA) is 70.2 Å². The maximum Gasteiger partial charge on any atom is 0.234 e. The Labute approximate surface area is 123 Å². The number of anilines is 1. The Morgan fingerprint density at radius 3 is 2.35 bits per heavy atom. The van der Waals surface area contributed by atoms with Crippen LogP contribution in [-0.4, -0.2) is 43.5 Å². The van der Waals surface area contributed by atoms with Gasteiger partial charge in [-0.1, -0.05) is 17.7 Å². The van der Waals surface area contributed by atoms with Crippen molar-refractivity contribution < 1.29 is 9.59 Å². The molecule has 20 heavy (non-hydrogen) atoms. The quantitative estimate of drug-likeness (QED) is 0.626. The van der Waals surface area contributed by atoms with Gasteiger partial charge in [-0.15, -0.1) is 11.8 Å². The van der Waals surface area contributed by atoms with E-state index in [1.807, 2.05) is 38.2 Å². The first kappa shape index (κ1) is 16.5. The molecule has 2 amide bonds. The number of carbonyl (C=O) groups excluding carboxylic acids is 2. The molecule has 6 heteroatoms. The minimum Gasteiger partial charge on any atom is -0.354 e. The van der Waals surface area contributed by atoms with Gasteiger partial charge in [0.1, 0.15) is 0 Å². The molecule has 0 radical (unpaired) electrons. The summed E-state index contributed by atoms with van der Waals surface area (Å²) in [5.74, 6) is 0.425. The highest BCUT2D eigenvalue weighted by molar-refractivity contribution is 8.00. The third-order valence-electron chi connectivity index (χ3n) is 2.50. The van der Waals surface area contributed by atoms with Gasteiger partial charge in [0.15, 0.2) is 0 Å². The first-order chi connectivity index (χ1) is 9.61. The van der Waals surface area contributed by atoms with E-state index in [2.05, 4.69) is 16.0 Å². The number of likely N-dealkylation sites (N-methyl/N-ethyl adjacent to an activating group) is 1. The molecule has 0 heterocycles. The van der Waals surface area contributed by atoms with E-state index in [1.54, 1.807) is 0 Å². The second-order valence-electron chi connectivity index (χ2n) is 4.36. The van der Waals surface area contributed by atoms with Crippen LogP contribution in [0.5, 0.6) is 0 Å². The predicted octanol–water partition coefficient (Wildman–Crippen LogP) is 1.00. The number of carbonyl (C=O) groups is 2. The smallest absolute Gasteiger partial charge is 0.234 e. The molecule has 0 saturated heterocycles. The van der Waals surface area contributed by atoms with Crippen molar-refractivity contribution in [2.45, 2.75) is 6.92 Å². The van der Waals surface area contributed by atoms with Crippen molar-refractivity contribution in [1.82, 2.24) is 10.6 Å². The minimum atomic E-state index is -0.0955. The van der Waals surface area contributed by atoms with Gasteiger partial charge in [-0.25, -0.2) is 0 Å². The zero-order valence-corrected chi connectivity index (χ0v) is 12.7. The van der Waals surface area contributed by atoms with Crippen molar-refractivity contribution in [3.63, 3.8) is 0 Å². The summed E-state index contributed by atoms with van der Waals surface area (Å²) in [5, 5.41) is 8.50. The molecule has 0 aliphatic rings. The van der Waals surface area contributed by atoms with E-state index in [1.165, 1.54) is 11.8 Å². The molecule has 5 nitrogen and oxygen atoms in total. The van der Waals surface area contributed by atoms with Crippen molar-refractivity contribution in [2.75, 3.05) is 37.0 Å². The lowest BCUT2D eigenvalue weighted by atomic mass is 10.2. The number of benzene rings is 1. The zero-order chi connectivity index (χ0) is 14.8. The molecule has 1 aromatic rings. The Hall–Kier alpha value is -1.53. The number of hydrogen-bond acceptors (Lipinski definition) is 4. The highest BCUT2D eigenvalue weighted by atomic mass is 32.2. The number of nitrogens with one attached hydrogen (secondary N) is 3. The van der Waals surface area contributed by atoms with Crippen molar-refractivity contribution in [3.05, 3.63) is 29.8 Å². The molecule has 0 aliphatic heterocycles. The number of amides is 2. The number of aryl methyl sites for hydroxylation is 1. The van der Waals surface area contributed by atoms with E-state index in [0.717, 1.165) is 17.8 Å². The predicted molar refractivity (Wildman–Crippen MR) is 84.1 cm³/mol. The summed E-state index contributed by atoms with van der Waals surface area (Å²) < 4.78 is 0. The van der Waals surface area contributed by atoms with Crippen LogP contribution in [-0.2, 0) is 9.59 Å². The van der Waals surface area contributed by atoms with Gasteiger partial charge in [0.2, 0.25) is 11.8 Å². The molecule has 0 unspecified atom stereocenters. The summed E-state index contributed by atoms with van der Waals surface area (Å²) >= 11 is 1.31. The van der Waals surface area contributed by atoms with Crippen LogP contribution in [0.15, 0.2) is 24.3 Å². The number of hydrogen-bond donors (Lipinski definition) is 3. The summed E-state index contributed by atoms with van der Waals surface area (Å²) in [4.78, 5) is 23.1. The third kappa shape index (κ3) is 7.16. The van der Waals surface area contributed by atoms with Crippen LogP contribution in [0.2, 0.25) is 0 Å². The van der Waals surface area contributed by atoms with Crippen LogP contribution >= 0.6 is 11.8 Å². The van der Waals surface area contributed by atoms with Crippen LogP contribution in [0.3, 0.4) is 0 Å². The highest BCUT2D eigenvalue weighted by Crippen LogP contribution is 2.09. The molecular weight excluding hydrogens is 274 g/mol. The first-order valence-electron chi connectivity index (χ1n) is 6.47. The van der Waals surface area contributed by atoms with Crippen LogP contribution < -0.4 is 16.0 Å². The largest absolute Gasteiger partial charge is 0.354 e. The molecule has 0 aromatic heterocycles. The normalized spacial score (nSPS) is 10.1. The van der Waals surface area contributed by atoms with Gasteiger partial charge in [0, 0.05) is 18.8 Å². The fourth-order valence-corrected chi connectivity index (χ4v) is 2.10. The maximum atomic E-state index is 11.7. The zero-order valence-electron chi connectivity index (χ0n) is 11.9. The van der Waals surface area contributed by atoms with E-state index in [4.69, 9.17) is 0 Å². The van der Waals surface area contributed by atoms with Crippen molar-refractivity contribution in [2.24, 2.45) is 0 Å². The van der Waals surface area contributed by atoms with Gasteiger partial charge >= 0.3 is 0 Å². The van der Waals surface area contributed by atoms with E-state index < -0.39 is 0 Å². The third-order valence-corrected chi connectivity index (χ3v) is 3.43. The van der Waals surface area contributed by atoms with Gasteiger partial charge in [0.05, 0.1) is 11.5 Å². The van der Waals surface area contributed by atoms with E-state index in [0.29, 0.717) is 12.3 Å². The number of rotatable bonds is 8. The second-order valence-corrected chi connectivity index (χ2v) is 5.35. The van der Waals surface area contributed by atoms with Gasteiger partial charge in [-0.2, -0.15) is 0 Å². The van der Waals surface area contributed by atoms with Gasteiger partial charge in [-0.05, 0) is 26.1 Å². The molecule has 0 atom stereocenters. The average Bonchev–Trinajstić information content (AvgIpc) is 2.42. The fraction of sp³-hybridized carbons (Fsp3) is 0.429. The lowest BCUT2D eigenvalue weighted by molar-refractivity contribution is -0.118. The van der Waals surface area contributed by atoms with Crippen molar-refractivity contribution >= 4 is 29.3 Å². The summed E-state index contributed by atoms with van der Waals surface area (Å²) in [7, 11) is 1.83. The van der Waals surface area contributed by atoms with Crippen molar-refractivity contribution in [3.8, 4) is 0 Å². The molecule has 1 rings (SSSR count). The first-order valence-corrected chi connectivity index (χ1v) is 7.63. The highest BCUT2D eigenvalue weighted by Gasteiger charge is 2.05. The number of thioether (sulfide) groups is 1. The summed E-state index contributed by atoms with van der Waals surface area (Å²) in [6.45, 7) is 3.34. The molecule has 0 saturated carbocycles. The maximum absolute atomic E-state index is 11.7. The lowest BCUT2D eigenvalue weighted by Gasteiger charge is -2.06. The summed E-state index contributed by atoms with van der Waals surface area (Å²) in [5.41, 5.74) is 1.93. The molecule has 110 valence electrons. The van der Waals surface area contributed by atoms with Crippen LogP contribution in [0, 0.1) is 6.92 Å². The molecular formula is C14H21N3O2S. The van der Waals surface area contributed by atoms with Crippen molar-refractivity contribution in [1.29, 1.82) is 0 Å². The minimum absolute atomic E-state index is 0.0478. The van der Waals surface area contributed by atoms with Crippen LogP contribution in [0.4, 0.5) is 5.69 Å². The van der Waals surface area contributed by atoms with E-state index in [9.17, 15) is 9.59 Å².